The molecule has 1 fully saturated rings. The van der Waals surface area contributed by atoms with Crippen LogP contribution >= 0.6 is 24.2 Å². The Balaban J connectivity index is 2.01. The highest BCUT2D eigenvalue weighted by molar-refractivity contribution is 7.80. The van der Waals surface area contributed by atoms with Crippen molar-refractivity contribution in [1.29, 1.82) is 0 Å². The summed E-state index contributed by atoms with van der Waals surface area (Å²) in [6.07, 6.45) is 1.85. The van der Waals surface area contributed by atoms with Crippen molar-refractivity contribution in [2.45, 2.75) is 12.8 Å². The Morgan fingerprint density at radius 1 is 1.39 bits per heavy atom. The molecule has 1 aliphatic rings. The van der Waals surface area contributed by atoms with Crippen molar-refractivity contribution in [3.05, 3.63) is 29.0 Å². The predicted molar refractivity (Wildman–Crippen MR) is 73.2 cm³/mol. The molecule has 1 aromatic carbocycles. The fourth-order valence-electron chi connectivity index (χ4n) is 1.98. The monoisotopic (exact) mass is 290 g/mol. The first-order chi connectivity index (χ1) is 8.65. The topological polar surface area (TPSA) is 18.5 Å². The van der Waals surface area contributed by atoms with Crippen LogP contribution in [0.1, 0.15) is 12.8 Å². The number of hydrogen-bond donors (Lipinski definition) is 1. The summed E-state index contributed by atoms with van der Waals surface area (Å²) in [6.45, 7) is 2.01. The molecule has 0 aromatic heterocycles. The van der Waals surface area contributed by atoms with E-state index in [4.69, 9.17) is 21.1 Å². The van der Waals surface area contributed by atoms with Gasteiger partial charge in [-0.3, -0.25) is 0 Å². The van der Waals surface area contributed by atoms with Crippen molar-refractivity contribution in [2.24, 2.45) is 5.41 Å². The lowest BCUT2D eigenvalue weighted by Crippen LogP contribution is -2.36. The Morgan fingerprint density at radius 3 is 2.72 bits per heavy atom. The van der Waals surface area contributed by atoms with Crippen LogP contribution < -0.4 is 4.74 Å². The van der Waals surface area contributed by atoms with Crippen LogP contribution in [0.25, 0.3) is 0 Å². The average Bonchev–Trinajstić information content (AvgIpc) is 2.39. The van der Waals surface area contributed by atoms with Crippen molar-refractivity contribution >= 4 is 24.2 Å². The van der Waals surface area contributed by atoms with Crippen molar-refractivity contribution in [3.8, 4) is 5.75 Å². The second kappa shape index (κ2) is 6.13. The number of benzene rings is 1. The van der Waals surface area contributed by atoms with Gasteiger partial charge in [-0.25, -0.2) is 4.39 Å². The lowest BCUT2D eigenvalue weighted by Gasteiger charge is -2.35. The summed E-state index contributed by atoms with van der Waals surface area (Å²) in [4.78, 5) is 0. The van der Waals surface area contributed by atoms with Gasteiger partial charge in [-0.15, -0.1) is 0 Å². The number of thiol groups is 1. The van der Waals surface area contributed by atoms with Crippen LogP contribution in [-0.2, 0) is 4.74 Å². The molecule has 0 saturated carbocycles. The maximum absolute atomic E-state index is 12.9. The van der Waals surface area contributed by atoms with Gasteiger partial charge in [0.25, 0.3) is 0 Å². The molecule has 18 heavy (non-hydrogen) atoms. The van der Waals surface area contributed by atoms with Gasteiger partial charge in [0.05, 0.1) is 11.6 Å². The van der Waals surface area contributed by atoms with Crippen LogP contribution in [0.3, 0.4) is 0 Å². The SMILES string of the molecule is Fc1ccc(OCC2(CS)CCOCC2)c(Cl)c1. The van der Waals surface area contributed by atoms with E-state index in [1.165, 1.54) is 12.1 Å². The molecule has 2 nitrogen and oxygen atoms in total. The van der Waals surface area contributed by atoms with E-state index in [2.05, 4.69) is 12.6 Å². The smallest absolute Gasteiger partial charge is 0.138 e. The summed E-state index contributed by atoms with van der Waals surface area (Å²) in [5.41, 5.74) is 0.0269. The van der Waals surface area contributed by atoms with Gasteiger partial charge in [0.15, 0.2) is 0 Å². The largest absolute Gasteiger partial charge is 0.491 e. The van der Waals surface area contributed by atoms with Crippen molar-refractivity contribution in [3.63, 3.8) is 0 Å². The molecule has 0 aliphatic carbocycles. The maximum Gasteiger partial charge on any atom is 0.138 e. The minimum absolute atomic E-state index is 0.0269. The van der Waals surface area contributed by atoms with Crippen LogP contribution in [0.2, 0.25) is 5.02 Å². The Bertz CT molecular complexity index is 408. The van der Waals surface area contributed by atoms with E-state index in [0.29, 0.717) is 17.4 Å². The predicted octanol–water partition coefficient (Wildman–Crippen LogP) is 3.58. The van der Waals surface area contributed by atoms with Crippen LogP contribution in [0.15, 0.2) is 18.2 Å². The second-order valence-corrected chi connectivity index (χ2v) is 5.36. The van der Waals surface area contributed by atoms with E-state index >= 15 is 0 Å². The third-order valence-electron chi connectivity index (χ3n) is 3.32. The molecule has 2 rings (SSSR count). The molecule has 1 aliphatic heterocycles. The van der Waals surface area contributed by atoms with E-state index < -0.39 is 0 Å². The fraction of sp³-hybridized carbons (Fsp3) is 0.538. The first-order valence-corrected chi connectivity index (χ1v) is 6.93. The standard InChI is InChI=1S/C13H16ClFO2S/c14-11-7-10(15)1-2-12(11)17-8-13(9-18)3-5-16-6-4-13/h1-2,7,18H,3-6,8-9H2. The van der Waals surface area contributed by atoms with Crippen LogP contribution in [0.5, 0.6) is 5.75 Å². The normalized spacial score (nSPS) is 18.6. The summed E-state index contributed by atoms with van der Waals surface area (Å²) in [7, 11) is 0. The third kappa shape index (κ3) is 3.31. The molecule has 5 heteroatoms. The number of halogens is 2. The Kier molecular flexibility index (Phi) is 4.76. The van der Waals surface area contributed by atoms with Crippen molar-refractivity contribution < 1.29 is 13.9 Å². The van der Waals surface area contributed by atoms with Crippen molar-refractivity contribution in [2.75, 3.05) is 25.6 Å². The molecule has 100 valence electrons. The minimum atomic E-state index is -0.359. The third-order valence-corrected chi connectivity index (χ3v) is 4.28. The van der Waals surface area contributed by atoms with Gasteiger partial charge in [0.1, 0.15) is 11.6 Å². The van der Waals surface area contributed by atoms with Crippen LogP contribution in [-0.4, -0.2) is 25.6 Å². The lowest BCUT2D eigenvalue weighted by molar-refractivity contribution is 0.00312. The van der Waals surface area contributed by atoms with E-state index in [-0.39, 0.29) is 11.2 Å². The lowest BCUT2D eigenvalue weighted by atomic mass is 9.83. The van der Waals surface area contributed by atoms with Crippen LogP contribution in [0, 0.1) is 11.2 Å². The number of ether oxygens (including phenoxy) is 2. The Labute approximate surface area is 117 Å². The van der Waals surface area contributed by atoms with E-state index in [9.17, 15) is 4.39 Å². The molecule has 0 radical (unpaired) electrons. The fourth-order valence-corrected chi connectivity index (χ4v) is 2.60. The summed E-state index contributed by atoms with van der Waals surface area (Å²) in [6, 6.07) is 4.16. The molecule has 0 amide bonds. The molecule has 0 unspecified atom stereocenters. The highest BCUT2D eigenvalue weighted by Gasteiger charge is 2.32. The molecular weight excluding hydrogens is 275 g/mol. The summed E-state index contributed by atoms with van der Waals surface area (Å²) in [5, 5.41) is 0.302. The van der Waals surface area contributed by atoms with Gasteiger partial charge in [0.2, 0.25) is 0 Å². The second-order valence-electron chi connectivity index (χ2n) is 4.63. The zero-order chi connectivity index (χ0) is 13.0. The van der Waals surface area contributed by atoms with E-state index in [1.54, 1.807) is 6.07 Å². The molecule has 0 atom stereocenters. The highest BCUT2D eigenvalue weighted by atomic mass is 35.5. The van der Waals surface area contributed by atoms with Gasteiger partial charge >= 0.3 is 0 Å². The molecular formula is C13H16ClFO2S. The van der Waals surface area contributed by atoms with Gasteiger partial charge in [-0.1, -0.05) is 11.6 Å². The number of rotatable bonds is 4. The molecule has 0 spiro atoms. The Morgan fingerprint density at radius 2 is 2.11 bits per heavy atom. The first-order valence-electron chi connectivity index (χ1n) is 5.92. The van der Waals surface area contributed by atoms with Gasteiger partial charge in [0, 0.05) is 18.6 Å². The minimum Gasteiger partial charge on any atom is -0.491 e. The maximum atomic E-state index is 12.9. The highest BCUT2D eigenvalue weighted by Crippen LogP contribution is 2.34. The molecule has 0 bridgehead atoms. The molecule has 1 heterocycles. The molecule has 1 saturated heterocycles. The zero-order valence-corrected chi connectivity index (χ0v) is 11.6. The summed E-state index contributed by atoms with van der Waals surface area (Å²) < 4.78 is 24.0. The molecule has 0 N–H and O–H groups in total. The summed E-state index contributed by atoms with van der Waals surface area (Å²) in [5.74, 6) is 0.905. The first kappa shape index (κ1) is 14.0. The van der Waals surface area contributed by atoms with Gasteiger partial charge in [-0.2, -0.15) is 12.6 Å². The molecule has 1 aromatic rings. The summed E-state index contributed by atoms with van der Waals surface area (Å²) >= 11 is 10.3. The quantitative estimate of drug-likeness (QED) is 0.855. The van der Waals surface area contributed by atoms with E-state index in [0.717, 1.165) is 31.8 Å². The van der Waals surface area contributed by atoms with Gasteiger partial charge < -0.3 is 9.47 Å². The van der Waals surface area contributed by atoms with Gasteiger partial charge in [-0.05, 0) is 36.8 Å². The zero-order valence-electron chi connectivity index (χ0n) is 9.99. The van der Waals surface area contributed by atoms with Crippen molar-refractivity contribution in [1.82, 2.24) is 0 Å². The van der Waals surface area contributed by atoms with Crippen LogP contribution in [0.4, 0.5) is 4.39 Å². The number of hydrogen-bond acceptors (Lipinski definition) is 3. The average molecular weight is 291 g/mol. The Hall–Kier alpha value is -0.450. The van der Waals surface area contributed by atoms with E-state index in [1.807, 2.05) is 0 Å².